The second-order valence-electron chi connectivity index (χ2n) is 7.38. The SMILES string of the molecule is O=C(CCc1nc(-c2ccc(F)cc2)no1)N1CCN(Cc2c(F)cccc2Cl)CC1. The van der Waals surface area contributed by atoms with Crippen LogP contribution >= 0.6 is 11.6 Å². The highest BCUT2D eigenvalue weighted by Crippen LogP contribution is 2.22. The molecule has 1 aromatic heterocycles. The summed E-state index contributed by atoms with van der Waals surface area (Å²) < 4.78 is 32.2. The van der Waals surface area contributed by atoms with Crippen molar-refractivity contribution < 1.29 is 18.1 Å². The summed E-state index contributed by atoms with van der Waals surface area (Å²) in [4.78, 5) is 20.7. The summed E-state index contributed by atoms with van der Waals surface area (Å²) in [6.07, 6.45) is 0.586. The van der Waals surface area contributed by atoms with Crippen LogP contribution in [0.5, 0.6) is 0 Å². The van der Waals surface area contributed by atoms with E-state index in [4.69, 9.17) is 16.1 Å². The molecule has 2 heterocycles. The highest BCUT2D eigenvalue weighted by Gasteiger charge is 2.23. The molecule has 0 saturated carbocycles. The van der Waals surface area contributed by atoms with Crippen LogP contribution in [0.25, 0.3) is 11.4 Å². The highest BCUT2D eigenvalue weighted by molar-refractivity contribution is 6.31. The summed E-state index contributed by atoms with van der Waals surface area (Å²) >= 11 is 6.11. The van der Waals surface area contributed by atoms with Crippen LogP contribution in [0, 0.1) is 11.6 Å². The topological polar surface area (TPSA) is 62.5 Å². The number of nitrogens with zero attached hydrogens (tertiary/aromatic N) is 4. The van der Waals surface area contributed by atoms with Crippen molar-refractivity contribution in [1.29, 1.82) is 0 Å². The second kappa shape index (κ2) is 9.53. The molecular weight excluding hydrogens is 426 g/mol. The Hall–Kier alpha value is -2.84. The van der Waals surface area contributed by atoms with Crippen molar-refractivity contribution in [2.24, 2.45) is 0 Å². The first-order chi connectivity index (χ1) is 15.0. The summed E-state index contributed by atoms with van der Waals surface area (Å²) in [6.45, 7) is 2.84. The summed E-state index contributed by atoms with van der Waals surface area (Å²) in [7, 11) is 0. The Labute approximate surface area is 183 Å². The van der Waals surface area contributed by atoms with Crippen molar-refractivity contribution in [2.45, 2.75) is 19.4 Å². The number of rotatable bonds is 6. The molecule has 0 spiro atoms. The molecule has 1 saturated heterocycles. The Morgan fingerprint density at radius 1 is 1.06 bits per heavy atom. The van der Waals surface area contributed by atoms with Gasteiger partial charge in [-0.15, -0.1) is 0 Å². The maximum Gasteiger partial charge on any atom is 0.227 e. The summed E-state index contributed by atoms with van der Waals surface area (Å²) in [5.74, 6) is 0.0780. The van der Waals surface area contributed by atoms with Gasteiger partial charge in [-0.3, -0.25) is 9.69 Å². The Balaban J connectivity index is 1.25. The van der Waals surface area contributed by atoms with E-state index in [9.17, 15) is 13.6 Å². The highest BCUT2D eigenvalue weighted by atomic mass is 35.5. The zero-order valence-corrected chi connectivity index (χ0v) is 17.5. The Bertz CT molecular complexity index is 1030. The van der Waals surface area contributed by atoms with E-state index >= 15 is 0 Å². The third-order valence-electron chi connectivity index (χ3n) is 5.29. The third kappa shape index (κ3) is 5.26. The molecule has 3 aromatic rings. The number of hydrogen-bond acceptors (Lipinski definition) is 5. The molecule has 2 aromatic carbocycles. The number of halogens is 3. The minimum Gasteiger partial charge on any atom is -0.340 e. The van der Waals surface area contributed by atoms with Gasteiger partial charge in [-0.1, -0.05) is 22.8 Å². The molecule has 1 fully saturated rings. The first-order valence-electron chi connectivity index (χ1n) is 10.0. The van der Waals surface area contributed by atoms with Gasteiger partial charge in [0.1, 0.15) is 11.6 Å². The van der Waals surface area contributed by atoms with Gasteiger partial charge in [0, 0.05) is 61.7 Å². The average molecular weight is 447 g/mol. The minimum atomic E-state index is -0.338. The number of amides is 1. The predicted molar refractivity (Wildman–Crippen MR) is 111 cm³/mol. The van der Waals surface area contributed by atoms with E-state index in [0.29, 0.717) is 67.0 Å². The molecular formula is C22H21ClF2N4O2. The van der Waals surface area contributed by atoms with Crippen LogP contribution < -0.4 is 0 Å². The Morgan fingerprint density at radius 3 is 2.52 bits per heavy atom. The number of hydrogen-bond donors (Lipinski definition) is 0. The lowest BCUT2D eigenvalue weighted by molar-refractivity contribution is -0.133. The van der Waals surface area contributed by atoms with Gasteiger partial charge in [0.25, 0.3) is 0 Å². The van der Waals surface area contributed by atoms with Crippen molar-refractivity contribution in [3.63, 3.8) is 0 Å². The van der Waals surface area contributed by atoms with Crippen LogP contribution in [-0.2, 0) is 17.8 Å². The fourth-order valence-electron chi connectivity index (χ4n) is 3.51. The zero-order valence-electron chi connectivity index (χ0n) is 16.7. The molecule has 0 N–H and O–H groups in total. The van der Waals surface area contributed by atoms with Gasteiger partial charge < -0.3 is 9.42 Å². The second-order valence-corrected chi connectivity index (χ2v) is 7.78. The van der Waals surface area contributed by atoms with E-state index in [0.717, 1.165) is 0 Å². The number of aromatic nitrogens is 2. The van der Waals surface area contributed by atoms with Crippen molar-refractivity contribution in [3.8, 4) is 11.4 Å². The predicted octanol–water partition coefficient (Wildman–Crippen LogP) is 3.95. The number of carbonyl (C=O) groups excluding carboxylic acids is 1. The monoisotopic (exact) mass is 446 g/mol. The number of benzene rings is 2. The van der Waals surface area contributed by atoms with E-state index < -0.39 is 0 Å². The lowest BCUT2D eigenvalue weighted by Crippen LogP contribution is -2.48. The van der Waals surface area contributed by atoms with Gasteiger partial charge in [0.15, 0.2) is 0 Å². The van der Waals surface area contributed by atoms with Crippen LogP contribution in [0.15, 0.2) is 47.0 Å². The Kier molecular flexibility index (Phi) is 6.58. The van der Waals surface area contributed by atoms with Gasteiger partial charge in [-0.2, -0.15) is 4.98 Å². The summed E-state index contributed by atoms with van der Waals surface area (Å²) in [5, 5.41) is 4.30. The lowest BCUT2D eigenvalue weighted by Gasteiger charge is -2.35. The van der Waals surface area contributed by atoms with E-state index in [-0.39, 0.29) is 24.0 Å². The number of carbonyl (C=O) groups is 1. The first kappa shape index (κ1) is 21.4. The van der Waals surface area contributed by atoms with Gasteiger partial charge in [-0.25, -0.2) is 8.78 Å². The fourth-order valence-corrected chi connectivity index (χ4v) is 3.73. The molecule has 162 valence electrons. The number of aryl methyl sites for hydroxylation is 1. The normalized spacial score (nSPS) is 14.7. The third-order valence-corrected chi connectivity index (χ3v) is 5.65. The van der Waals surface area contributed by atoms with Crippen LogP contribution in [0.3, 0.4) is 0 Å². The van der Waals surface area contributed by atoms with Gasteiger partial charge in [0.05, 0.1) is 0 Å². The molecule has 0 radical (unpaired) electrons. The molecule has 1 amide bonds. The quantitative estimate of drug-likeness (QED) is 0.574. The summed E-state index contributed by atoms with van der Waals surface area (Å²) in [5.41, 5.74) is 1.13. The van der Waals surface area contributed by atoms with Crippen LogP contribution in [0.2, 0.25) is 5.02 Å². The lowest BCUT2D eigenvalue weighted by atomic mass is 10.1. The molecule has 1 aliphatic heterocycles. The van der Waals surface area contributed by atoms with Crippen LogP contribution in [-0.4, -0.2) is 52.0 Å². The molecule has 0 unspecified atom stereocenters. The van der Waals surface area contributed by atoms with Gasteiger partial charge in [0.2, 0.25) is 17.6 Å². The van der Waals surface area contributed by atoms with E-state index in [1.807, 2.05) is 0 Å². The van der Waals surface area contributed by atoms with Crippen molar-refractivity contribution in [2.75, 3.05) is 26.2 Å². The molecule has 6 nitrogen and oxygen atoms in total. The molecule has 0 bridgehead atoms. The fraction of sp³-hybridized carbons (Fsp3) is 0.318. The Morgan fingerprint density at radius 2 is 1.81 bits per heavy atom. The molecule has 9 heteroatoms. The van der Waals surface area contributed by atoms with Gasteiger partial charge >= 0.3 is 0 Å². The number of piperazine rings is 1. The van der Waals surface area contributed by atoms with Gasteiger partial charge in [-0.05, 0) is 36.4 Å². The van der Waals surface area contributed by atoms with Crippen molar-refractivity contribution in [1.82, 2.24) is 19.9 Å². The maximum atomic E-state index is 14.0. The maximum absolute atomic E-state index is 14.0. The zero-order chi connectivity index (χ0) is 21.8. The largest absolute Gasteiger partial charge is 0.340 e. The smallest absolute Gasteiger partial charge is 0.227 e. The van der Waals surface area contributed by atoms with Crippen molar-refractivity contribution in [3.05, 3.63) is 70.6 Å². The first-order valence-corrected chi connectivity index (χ1v) is 10.4. The molecule has 0 aliphatic carbocycles. The molecule has 4 rings (SSSR count). The van der Waals surface area contributed by atoms with E-state index in [1.165, 1.54) is 18.2 Å². The van der Waals surface area contributed by atoms with E-state index in [2.05, 4.69) is 15.0 Å². The minimum absolute atomic E-state index is 0.00473. The molecule has 1 aliphatic rings. The van der Waals surface area contributed by atoms with Crippen molar-refractivity contribution >= 4 is 17.5 Å². The summed E-state index contributed by atoms with van der Waals surface area (Å²) in [6, 6.07) is 10.5. The molecule has 0 atom stereocenters. The molecule has 31 heavy (non-hydrogen) atoms. The van der Waals surface area contributed by atoms with Crippen LogP contribution in [0.4, 0.5) is 8.78 Å². The van der Waals surface area contributed by atoms with E-state index in [1.54, 1.807) is 29.2 Å². The standard InChI is InChI=1S/C22H21ClF2N4O2/c23-18-2-1-3-19(25)17(18)14-28-10-12-29(13-11-28)21(30)9-8-20-26-22(27-31-20)15-4-6-16(24)7-5-15/h1-7H,8-14H2. The average Bonchev–Trinajstić information content (AvgIpc) is 3.25. The van der Waals surface area contributed by atoms with Crippen LogP contribution in [0.1, 0.15) is 17.9 Å².